The Morgan fingerprint density at radius 2 is 1.58 bits per heavy atom. The van der Waals surface area contributed by atoms with Crippen molar-refractivity contribution < 1.29 is 4.74 Å². The zero-order valence-electron chi connectivity index (χ0n) is 10.6. The van der Waals surface area contributed by atoms with E-state index < -0.39 is 0 Å². The first kappa shape index (κ1) is 14.0. The molecule has 2 nitrogen and oxygen atoms in total. The van der Waals surface area contributed by atoms with E-state index in [1.54, 1.807) is 12.1 Å². The first-order chi connectivity index (χ1) is 9.10. The Morgan fingerprint density at radius 1 is 1.00 bits per heavy atom. The number of ether oxygens (including phenoxy) is 1. The lowest BCUT2D eigenvalue weighted by atomic mass is 10.1. The summed E-state index contributed by atoms with van der Waals surface area (Å²) in [5.41, 5.74) is 8.71. The number of rotatable bonds is 4. The monoisotopic (exact) mass is 295 g/mol. The lowest BCUT2D eigenvalue weighted by Gasteiger charge is -2.10. The molecule has 4 heteroatoms. The second-order valence-corrected chi connectivity index (χ2v) is 5.08. The second-order valence-electron chi connectivity index (χ2n) is 4.26. The summed E-state index contributed by atoms with van der Waals surface area (Å²) in [5.74, 6) is 0.550. The van der Waals surface area contributed by atoms with E-state index in [4.69, 9.17) is 33.7 Å². The SMILES string of the molecule is CCc1ccc(COc2cc(Cl)c(Cl)cc2N)cc1. The summed E-state index contributed by atoms with van der Waals surface area (Å²) in [5, 5.41) is 0.867. The number of halogens is 2. The Morgan fingerprint density at radius 3 is 2.21 bits per heavy atom. The summed E-state index contributed by atoms with van der Waals surface area (Å²) in [4.78, 5) is 0. The third-order valence-electron chi connectivity index (χ3n) is 2.88. The van der Waals surface area contributed by atoms with Crippen LogP contribution in [0.4, 0.5) is 5.69 Å². The number of nitrogens with two attached hydrogens (primary N) is 1. The maximum absolute atomic E-state index is 5.94. The molecule has 0 aliphatic carbocycles. The second kappa shape index (κ2) is 6.18. The molecule has 2 aromatic rings. The van der Waals surface area contributed by atoms with E-state index >= 15 is 0 Å². The molecule has 2 aromatic carbocycles. The smallest absolute Gasteiger partial charge is 0.144 e. The highest BCUT2D eigenvalue weighted by atomic mass is 35.5. The van der Waals surface area contributed by atoms with Crippen molar-refractivity contribution in [3.05, 3.63) is 57.6 Å². The lowest BCUT2D eigenvalue weighted by Crippen LogP contribution is -1.99. The maximum atomic E-state index is 5.94. The Bertz CT molecular complexity index is 567. The summed E-state index contributed by atoms with van der Waals surface area (Å²) < 4.78 is 5.66. The molecule has 0 fully saturated rings. The third-order valence-corrected chi connectivity index (χ3v) is 3.60. The maximum Gasteiger partial charge on any atom is 0.144 e. The van der Waals surface area contributed by atoms with E-state index in [0.29, 0.717) is 28.1 Å². The molecule has 0 aliphatic heterocycles. The van der Waals surface area contributed by atoms with E-state index in [1.807, 2.05) is 12.1 Å². The van der Waals surface area contributed by atoms with Gasteiger partial charge in [-0.3, -0.25) is 0 Å². The van der Waals surface area contributed by atoms with Crippen LogP contribution in [0.5, 0.6) is 5.75 Å². The van der Waals surface area contributed by atoms with Gasteiger partial charge in [-0.25, -0.2) is 0 Å². The molecule has 0 radical (unpaired) electrons. The van der Waals surface area contributed by atoms with Gasteiger partial charge in [-0.15, -0.1) is 0 Å². The highest BCUT2D eigenvalue weighted by molar-refractivity contribution is 6.42. The standard InChI is InChI=1S/C15H15Cl2NO/c1-2-10-3-5-11(6-4-10)9-19-15-8-13(17)12(16)7-14(15)18/h3-8H,2,9,18H2,1H3. The predicted octanol–water partition coefficient (Wildman–Crippen LogP) is 4.72. The van der Waals surface area contributed by atoms with Gasteiger partial charge in [-0.2, -0.15) is 0 Å². The minimum Gasteiger partial charge on any atom is -0.487 e. The van der Waals surface area contributed by atoms with Crippen molar-refractivity contribution in [3.8, 4) is 5.75 Å². The zero-order valence-corrected chi connectivity index (χ0v) is 12.1. The Hall–Kier alpha value is -1.38. The van der Waals surface area contributed by atoms with Gasteiger partial charge in [0, 0.05) is 6.07 Å². The highest BCUT2D eigenvalue weighted by Crippen LogP contribution is 2.32. The van der Waals surface area contributed by atoms with Crippen LogP contribution in [0.2, 0.25) is 10.0 Å². The van der Waals surface area contributed by atoms with E-state index in [-0.39, 0.29) is 0 Å². The first-order valence-electron chi connectivity index (χ1n) is 6.05. The molecule has 0 unspecified atom stereocenters. The minimum absolute atomic E-state index is 0.429. The molecular formula is C15H15Cl2NO. The van der Waals surface area contributed by atoms with Gasteiger partial charge >= 0.3 is 0 Å². The largest absolute Gasteiger partial charge is 0.487 e. The van der Waals surface area contributed by atoms with Crippen molar-refractivity contribution in [1.82, 2.24) is 0 Å². The molecule has 0 aromatic heterocycles. The van der Waals surface area contributed by atoms with Gasteiger partial charge in [0.2, 0.25) is 0 Å². The fourth-order valence-corrected chi connectivity index (χ4v) is 2.03. The number of benzene rings is 2. The molecule has 2 rings (SSSR count). The first-order valence-corrected chi connectivity index (χ1v) is 6.81. The molecular weight excluding hydrogens is 281 g/mol. The van der Waals surface area contributed by atoms with Crippen molar-refractivity contribution in [1.29, 1.82) is 0 Å². The van der Waals surface area contributed by atoms with Crippen LogP contribution >= 0.6 is 23.2 Å². The molecule has 0 spiro atoms. The van der Waals surface area contributed by atoms with Crippen LogP contribution in [0.3, 0.4) is 0 Å². The number of hydrogen-bond acceptors (Lipinski definition) is 2. The lowest BCUT2D eigenvalue weighted by molar-refractivity contribution is 0.308. The van der Waals surface area contributed by atoms with Crippen molar-refractivity contribution in [2.24, 2.45) is 0 Å². The Balaban J connectivity index is 2.07. The van der Waals surface area contributed by atoms with Crippen LogP contribution in [0.15, 0.2) is 36.4 Å². The van der Waals surface area contributed by atoms with E-state index in [0.717, 1.165) is 12.0 Å². The van der Waals surface area contributed by atoms with Gasteiger partial charge in [0.15, 0.2) is 0 Å². The molecule has 0 heterocycles. The van der Waals surface area contributed by atoms with Gasteiger partial charge in [-0.1, -0.05) is 54.4 Å². The summed E-state index contributed by atoms with van der Waals surface area (Å²) in [6, 6.07) is 11.5. The Kier molecular flexibility index (Phi) is 4.56. The molecule has 100 valence electrons. The molecule has 2 N–H and O–H groups in total. The predicted molar refractivity (Wildman–Crippen MR) is 81.0 cm³/mol. The molecule has 0 saturated carbocycles. The number of hydrogen-bond donors (Lipinski definition) is 1. The molecule has 0 bridgehead atoms. The Labute approximate surface area is 123 Å². The van der Waals surface area contributed by atoms with Crippen molar-refractivity contribution in [3.63, 3.8) is 0 Å². The fraction of sp³-hybridized carbons (Fsp3) is 0.200. The number of nitrogen functional groups attached to an aromatic ring is 1. The van der Waals surface area contributed by atoms with Crippen LogP contribution in [-0.4, -0.2) is 0 Å². The van der Waals surface area contributed by atoms with Crippen LogP contribution < -0.4 is 10.5 Å². The van der Waals surface area contributed by atoms with Crippen molar-refractivity contribution in [2.45, 2.75) is 20.0 Å². The van der Waals surface area contributed by atoms with E-state index in [9.17, 15) is 0 Å². The van der Waals surface area contributed by atoms with Crippen LogP contribution in [0.25, 0.3) is 0 Å². The van der Waals surface area contributed by atoms with Crippen LogP contribution in [0.1, 0.15) is 18.1 Å². The van der Waals surface area contributed by atoms with E-state index in [1.165, 1.54) is 5.56 Å². The van der Waals surface area contributed by atoms with Crippen molar-refractivity contribution in [2.75, 3.05) is 5.73 Å². The van der Waals surface area contributed by atoms with Crippen LogP contribution in [0, 0.1) is 0 Å². The quantitative estimate of drug-likeness (QED) is 0.829. The molecule has 0 saturated heterocycles. The van der Waals surface area contributed by atoms with Crippen molar-refractivity contribution >= 4 is 28.9 Å². The summed E-state index contributed by atoms with van der Waals surface area (Å²) >= 11 is 11.8. The molecule has 0 aliphatic rings. The normalized spacial score (nSPS) is 10.5. The average molecular weight is 296 g/mol. The van der Waals surface area contributed by atoms with Gasteiger partial charge in [0.1, 0.15) is 12.4 Å². The molecule has 19 heavy (non-hydrogen) atoms. The number of aryl methyl sites for hydroxylation is 1. The fourth-order valence-electron chi connectivity index (χ4n) is 1.70. The molecule has 0 atom stereocenters. The number of anilines is 1. The third kappa shape index (κ3) is 3.55. The zero-order chi connectivity index (χ0) is 13.8. The highest BCUT2D eigenvalue weighted by Gasteiger charge is 2.06. The summed E-state index contributed by atoms with van der Waals surface area (Å²) in [6.07, 6.45) is 1.03. The summed E-state index contributed by atoms with van der Waals surface area (Å²) in [6.45, 7) is 2.58. The van der Waals surface area contributed by atoms with Gasteiger partial charge < -0.3 is 10.5 Å². The average Bonchev–Trinajstić information content (AvgIpc) is 2.42. The summed E-state index contributed by atoms with van der Waals surface area (Å²) in [7, 11) is 0. The molecule has 0 amide bonds. The van der Waals surface area contributed by atoms with Crippen LogP contribution in [-0.2, 0) is 13.0 Å². The van der Waals surface area contributed by atoms with Gasteiger partial charge in [0.25, 0.3) is 0 Å². The topological polar surface area (TPSA) is 35.2 Å². The van der Waals surface area contributed by atoms with Gasteiger partial charge in [0.05, 0.1) is 15.7 Å². The van der Waals surface area contributed by atoms with E-state index in [2.05, 4.69) is 19.1 Å². The van der Waals surface area contributed by atoms with Gasteiger partial charge in [-0.05, 0) is 23.6 Å². The minimum atomic E-state index is 0.429.